The van der Waals surface area contributed by atoms with Gasteiger partial charge in [0.1, 0.15) is 5.75 Å². The maximum atomic E-state index is 13.7. The number of fused-ring (bicyclic) bond motifs is 3. The molecule has 0 spiro atoms. The van der Waals surface area contributed by atoms with E-state index in [0.29, 0.717) is 30.5 Å². The van der Waals surface area contributed by atoms with Gasteiger partial charge in [0, 0.05) is 18.7 Å². The zero-order valence-electron chi connectivity index (χ0n) is 18.4. The van der Waals surface area contributed by atoms with Gasteiger partial charge in [0.15, 0.2) is 0 Å². The van der Waals surface area contributed by atoms with Crippen LogP contribution in [0.3, 0.4) is 0 Å². The van der Waals surface area contributed by atoms with E-state index in [4.69, 9.17) is 9.39 Å². The van der Waals surface area contributed by atoms with E-state index >= 15 is 0 Å². The summed E-state index contributed by atoms with van der Waals surface area (Å²) >= 11 is 0. The van der Waals surface area contributed by atoms with Crippen molar-refractivity contribution >= 4 is 18.9 Å². The highest BCUT2D eigenvalue weighted by Gasteiger charge is 2.58. The summed E-state index contributed by atoms with van der Waals surface area (Å²) in [6, 6.07) is 6.89. The highest BCUT2D eigenvalue weighted by atomic mass is 16.5. The van der Waals surface area contributed by atoms with E-state index in [1.807, 2.05) is 6.07 Å². The molecule has 3 fully saturated rings. The van der Waals surface area contributed by atoms with Gasteiger partial charge in [0.2, 0.25) is 11.8 Å². The predicted octanol–water partition coefficient (Wildman–Crippen LogP) is 2.77. The van der Waals surface area contributed by atoms with Crippen molar-refractivity contribution in [3.8, 4) is 5.75 Å². The minimum atomic E-state index is -1.20. The van der Waals surface area contributed by atoms with Gasteiger partial charge in [-0.15, -0.1) is 0 Å². The number of para-hydroxylation sites is 1. The lowest BCUT2D eigenvalue weighted by molar-refractivity contribution is -0.143. The number of nitrogens with zero attached hydrogens (tertiary/aromatic N) is 1. The maximum absolute atomic E-state index is 13.7. The van der Waals surface area contributed by atoms with E-state index in [9.17, 15) is 19.7 Å². The number of phenols is 1. The predicted molar refractivity (Wildman–Crippen MR) is 117 cm³/mol. The first-order valence-electron chi connectivity index (χ1n) is 11.7. The first-order valence-corrected chi connectivity index (χ1v) is 11.7. The molecule has 8 heteroatoms. The summed E-state index contributed by atoms with van der Waals surface area (Å²) < 4.78 is 11.3. The van der Waals surface area contributed by atoms with Crippen molar-refractivity contribution in [1.29, 1.82) is 0 Å². The topological polar surface area (TPSA) is 96.3 Å². The summed E-state index contributed by atoms with van der Waals surface area (Å²) in [5.41, 5.74) is 2.13. The van der Waals surface area contributed by atoms with Gasteiger partial charge in [0.05, 0.1) is 24.5 Å². The summed E-state index contributed by atoms with van der Waals surface area (Å²) in [4.78, 5) is 28.7. The van der Waals surface area contributed by atoms with Crippen LogP contribution in [0, 0.1) is 17.8 Å². The zero-order valence-corrected chi connectivity index (χ0v) is 18.4. The van der Waals surface area contributed by atoms with Crippen LogP contribution in [0.2, 0.25) is 0 Å². The molecule has 1 saturated carbocycles. The van der Waals surface area contributed by atoms with E-state index in [-0.39, 0.29) is 29.5 Å². The Morgan fingerprint density at radius 3 is 2.59 bits per heavy atom. The van der Waals surface area contributed by atoms with Crippen LogP contribution in [-0.2, 0) is 19.0 Å². The second kappa shape index (κ2) is 8.65. The Balaban J connectivity index is 1.52. The van der Waals surface area contributed by atoms with Crippen LogP contribution < -0.4 is 0 Å². The molecule has 7 nitrogen and oxygen atoms in total. The van der Waals surface area contributed by atoms with Crippen molar-refractivity contribution < 1.29 is 29.1 Å². The molecular formula is C24H30BNO6. The molecule has 2 heterocycles. The number of hydrogen-bond donors (Lipinski definition) is 2. The lowest BCUT2D eigenvalue weighted by Gasteiger charge is -2.42. The molecule has 0 aromatic heterocycles. The van der Waals surface area contributed by atoms with E-state index in [1.54, 1.807) is 30.2 Å². The SMILES string of the molecule is COCC1=C2B(O)O[C@H](c3ccccc3O)C[C@H]2[C@H]2C(=O)N(C3CCCCC3)C(=O)[C@H]2C1. The smallest absolute Gasteiger partial charge is 0.487 e. The quantitative estimate of drug-likeness (QED) is 0.554. The van der Waals surface area contributed by atoms with Crippen molar-refractivity contribution in [2.75, 3.05) is 13.7 Å². The van der Waals surface area contributed by atoms with Gasteiger partial charge in [0.25, 0.3) is 0 Å². The highest BCUT2D eigenvalue weighted by Crippen LogP contribution is 2.52. The van der Waals surface area contributed by atoms with Crippen LogP contribution >= 0.6 is 0 Å². The van der Waals surface area contributed by atoms with Crippen LogP contribution in [0.15, 0.2) is 35.3 Å². The number of amides is 2. The fourth-order valence-electron chi connectivity index (χ4n) is 6.40. The number of benzene rings is 1. The lowest BCUT2D eigenvalue weighted by Crippen LogP contribution is -2.46. The van der Waals surface area contributed by atoms with Crippen molar-refractivity contribution in [2.24, 2.45) is 17.8 Å². The van der Waals surface area contributed by atoms with Gasteiger partial charge in [-0.05, 0) is 48.7 Å². The molecule has 4 atom stereocenters. The van der Waals surface area contributed by atoms with Crippen molar-refractivity contribution in [2.45, 2.75) is 57.1 Å². The molecule has 0 radical (unpaired) electrons. The molecule has 4 aliphatic rings. The third-order valence-electron chi connectivity index (χ3n) is 7.79. The van der Waals surface area contributed by atoms with Crippen molar-refractivity contribution in [3.05, 3.63) is 40.9 Å². The van der Waals surface area contributed by atoms with E-state index in [0.717, 1.165) is 37.7 Å². The number of phenolic OH excluding ortho intramolecular Hbond substituents is 1. The molecule has 2 aliphatic heterocycles. The zero-order chi connectivity index (χ0) is 22.4. The summed E-state index contributed by atoms with van der Waals surface area (Å²) in [7, 11) is 0.391. The van der Waals surface area contributed by atoms with Gasteiger partial charge >= 0.3 is 7.12 Å². The largest absolute Gasteiger partial charge is 0.508 e. The standard InChI is InChI=1S/C24H30BNO6/c1-31-13-14-11-18-21(24(29)26(23(18)28)15-7-3-2-4-8-15)17-12-20(32-25(30)22(14)17)16-9-5-6-10-19(16)27/h5-6,9-10,15,17-18,20-21,27,30H,2-4,7-8,11-13H2,1H3/t17-,18-,20-,21+/m0/s1. The van der Waals surface area contributed by atoms with Crippen molar-refractivity contribution in [1.82, 2.24) is 4.90 Å². The number of carbonyl (C=O) groups excluding carboxylic acids is 2. The van der Waals surface area contributed by atoms with Crippen LogP contribution in [0.1, 0.15) is 56.6 Å². The van der Waals surface area contributed by atoms with Crippen molar-refractivity contribution in [3.63, 3.8) is 0 Å². The Bertz CT molecular complexity index is 942. The monoisotopic (exact) mass is 439 g/mol. The normalized spacial score (nSPS) is 31.2. The second-order valence-electron chi connectivity index (χ2n) is 9.54. The molecule has 5 rings (SSSR count). The maximum Gasteiger partial charge on any atom is 0.487 e. The summed E-state index contributed by atoms with van der Waals surface area (Å²) in [6.07, 6.45) is 5.27. The van der Waals surface area contributed by atoms with Crippen LogP contribution in [0.25, 0.3) is 0 Å². The summed E-state index contributed by atoms with van der Waals surface area (Å²) in [6.45, 7) is 0.293. The third kappa shape index (κ3) is 3.49. The minimum absolute atomic E-state index is 0.0117. The Morgan fingerprint density at radius 1 is 1.12 bits per heavy atom. The number of aromatic hydroxyl groups is 1. The molecular weight excluding hydrogens is 409 g/mol. The van der Waals surface area contributed by atoms with Gasteiger partial charge in [-0.25, -0.2) is 0 Å². The Kier molecular flexibility index (Phi) is 5.86. The van der Waals surface area contributed by atoms with E-state index in [1.165, 1.54) is 0 Å². The fourth-order valence-corrected chi connectivity index (χ4v) is 6.40. The molecule has 0 unspecified atom stereocenters. The number of imide groups is 1. The number of rotatable bonds is 4. The first-order chi connectivity index (χ1) is 15.5. The van der Waals surface area contributed by atoms with Crippen LogP contribution in [0.5, 0.6) is 5.75 Å². The Hall–Kier alpha value is -2.16. The highest BCUT2D eigenvalue weighted by molar-refractivity contribution is 6.53. The first kappa shape index (κ1) is 21.7. The van der Waals surface area contributed by atoms with Gasteiger partial charge in [-0.2, -0.15) is 0 Å². The van der Waals surface area contributed by atoms with Crippen LogP contribution in [-0.4, -0.2) is 53.7 Å². The van der Waals surface area contributed by atoms with Crippen LogP contribution in [0.4, 0.5) is 0 Å². The van der Waals surface area contributed by atoms with Gasteiger partial charge in [-0.1, -0.05) is 37.5 Å². The van der Waals surface area contributed by atoms with Gasteiger partial charge < -0.3 is 19.5 Å². The molecule has 2 aliphatic carbocycles. The summed E-state index contributed by atoms with van der Waals surface area (Å²) in [5.74, 6) is -1.31. The average molecular weight is 439 g/mol. The average Bonchev–Trinajstić information content (AvgIpc) is 3.04. The Labute approximate surface area is 188 Å². The number of allylic oxidation sites excluding steroid dienone is 1. The summed E-state index contributed by atoms with van der Waals surface area (Å²) in [5, 5.41) is 21.3. The molecule has 2 saturated heterocycles. The number of carbonyl (C=O) groups is 2. The minimum Gasteiger partial charge on any atom is -0.508 e. The molecule has 1 aromatic carbocycles. The lowest BCUT2D eigenvalue weighted by atomic mass is 9.55. The number of methoxy groups -OCH3 is 1. The van der Waals surface area contributed by atoms with E-state index < -0.39 is 25.1 Å². The fraction of sp³-hybridized carbons (Fsp3) is 0.583. The second-order valence-corrected chi connectivity index (χ2v) is 9.54. The number of hydrogen-bond acceptors (Lipinski definition) is 6. The Morgan fingerprint density at radius 2 is 1.88 bits per heavy atom. The molecule has 2 amide bonds. The van der Waals surface area contributed by atoms with Gasteiger partial charge in [-0.3, -0.25) is 14.5 Å². The number of likely N-dealkylation sites (tertiary alicyclic amines) is 1. The molecule has 1 aromatic rings. The number of ether oxygens (including phenoxy) is 1. The third-order valence-corrected chi connectivity index (χ3v) is 7.79. The molecule has 170 valence electrons. The molecule has 0 bridgehead atoms. The molecule has 32 heavy (non-hydrogen) atoms. The molecule has 2 N–H and O–H groups in total. The van der Waals surface area contributed by atoms with E-state index in [2.05, 4.69) is 0 Å².